The van der Waals surface area contributed by atoms with Gasteiger partial charge in [-0.1, -0.05) is 13.8 Å². The Labute approximate surface area is 128 Å². The molecule has 0 aromatic rings. The molecule has 1 fully saturated rings. The van der Waals surface area contributed by atoms with Crippen molar-refractivity contribution in [3.8, 4) is 0 Å². The molecule has 0 aromatic carbocycles. The van der Waals surface area contributed by atoms with Crippen molar-refractivity contribution in [3.05, 3.63) is 0 Å². The largest absolute Gasteiger partial charge is 0.351 e. The summed E-state index contributed by atoms with van der Waals surface area (Å²) in [4.78, 5) is 14.5. The Morgan fingerprint density at radius 3 is 2.60 bits per heavy atom. The van der Waals surface area contributed by atoms with Crippen LogP contribution in [0.5, 0.6) is 0 Å². The van der Waals surface area contributed by atoms with Gasteiger partial charge < -0.3 is 11.1 Å². The Morgan fingerprint density at radius 2 is 2.05 bits per heavy atom. The highest BCUT2D eigenvalue weighted by molar-refractivity contribution is 8.00. The zero-order chi connectivity index (χ0) is 15.4. The first-order valence-corrected chi connectivity index (χ1v) is 8.51. The van der Waals surface area contributed by atoms with Crippen molar-refractivity contribution in [2.45, 2.75) is 63.8 Å². The highest BCUT2D eigenvalue weighted by atomic mass is 32.2. The van der Waals surface area contributed by atoms with E-state index in [9.17, 15) is 4.79 Å². The lowest BCUT2D eigenvalue weighted by Crippen LogP contribution is -2.48. The van der Waals surface area contributed by atoms with Crippen molar-refractivity contribution in [3.63, 3.8) is 0 Å². The maximum Gasteiger partial charge on any atom is 0.222 e. The quantitative estimate of drug-likeness (QED) is 0.832. The molecule has 1 aliphatic rings. The van der Waals surface area contributed by atoms with E-state index >= 15 is 0 Å². The summed E-state index contributed by atoms with van der Waals surface area (Å²) < 4.78 is 0.335. The van der Waals surface area contributed by atoms with Gasteiger partial charge in [-0.15, -0.1) is 0 Å². The van der Waals surface area contributed by atoms with E-state index in [0.29, 0.717) is 17.7 Å². The Hall–Kier alpha value is -0.260. The number of nitrogens with two attached hydrogens (primary N) is 1. The van der Waals surface area contributed by atoms with Crippen molar-refractivity contribution >= 4 is 17.7 Å². The molecule has 1 saturated heterocycles. The second kappa shape index (κ2) is 7.14. The maximum atomic E-state index is 12.1. The minimum Gasteiger partial charge on any atom is -0.351 e. The predicted octanol–water partition coefficient (Wildman–Crippen LogP) is 1.84. The average Bonchev–Trinajstić information content (AvgIpc) is 2.45. The van der Waals surface area contributed by atoms with Gasteiger partial charge in [-0.2, -0.15) is 11.8 Å². The summed E-state index contributed by atoms with van der Waals surface area (Å²) in [5, 5.41) is 3.03. The Balaban J connectivity index is 2.55. The number of hydrogen-bond acceptors (Lipinski definition) is 4. The minimum absolute atomic E-state index is 0.101. The summed E-state index contributed by atoms with van der Waals surface area (Å²) in [5.74, 6) is 1.22. The molecule has 1 heterocycles. The fraction of sp³-hybridized carbons (Fsp3) is 0.933. The molecule has 0 bridgehead atoms. The van der Waals surface area contributed by atoms with Crippen molar-refractivity contribution in [1.29, 1.82) is 0 Å². The molecule has 5 heteroatoms. The van der Waals surface area contributed by atoms with Crippen LogP contribution in [0.1, 0.15) is 47.5 Å². The zero-order valence-corrected chi connectivity index (χ0v) is 14.5. The standard InChI is InChI=1S/C15H31N3OS/c1-14(2,3)17-13(19)10-12(11-16)18-7-6-15(4,5)20-9-8-18/h12H,6-11,16H2,1-5H3,(H,17,19). The second-order valence-electron chi connectivity index (χ2n) is 7.29. The number of amides is 1. The number of nitrogens with one attached hydrogen (secondary N) is 1. The Bertz CT molecular complexity index is 326. The molecule has 1 unspecified atom stereocenters. The number of carbonyl (C=O) groups is 1. The summed E-state index contributed by atoms with van der Waals surface area (Å²) in [5.41, 5.74) is 5.73. The first-order chi connectivity index (χ1) is 9.13. The highest BCUT2D eigenvalue weighted by Crippen LogP contribution is 2.31. The minimum atomic E-state index is -0.174. The predicted molar refractivity (Wildman–Crippen MR) is 88.1 cm³/mol. The van der Waals surface area contributed by atoms with Crippen LogP contribution in [-0.4, -0.2) is 52.5 Å². The van der Waals surface area contributed by atoms with Crippen LogP contribution in [0.15, 0.2) is 0 Å². The van der Waals surface area contributed by atoms with Crippen LogP contribution in [-0.2, 0) is 4.79 Å². The van der Waals surface area contributed by atoms with Crippen LogP contribution >= 0.6 is 11.8 Å². The van der Waals surface area contributed by atoms with E-state index in [1.807, 2.05) is 32.5 Å². The molecule has 0 saturated carbocycles. The molecular formula is C15H31N3OS. The van der Waals surface area contributed by atoms with Crippen LogP contribution in [0.3, 0.4) is 0 Å². The normalized spacial score (nSPS) is 22.1. The van der Waals surface area contributed by atoms with E-state index in [2.05, 4.69) is 24.1 Å². The topological polar surface area (TPSA) is 58.4 Å². The summed E-state index contributed by atoms with van der Waals surface area (Å²) in [7, 11) is 0. The van der Waals surface area contributed by atoms with E-state index in [1.54, 1.807) is 0 Å². The van der Waals surface area contributed by atoms with E-state index < -0.39 is 0 Å². The fourth-order valence-electron chi connectivity index (χ4n) is 2.45. The molecule has 3 N–H and O–H groups in total. The van der Waals surface area contributed by atoms with Gasteiger partial charge in [-0.25, -0.2) is 0 Å². The molecule has 1 atom stereocenters. The van der Waals surface area contributed by atoms with E-state index in [-0.39, 0.29) is 17.5 Å². The number of hydrogen-bond donors (Lipinski definition) is 2. The molecule has 1 amide bonds. The third-order valence-corrected chi connectivity index (χ3v) is 4.97. The number of thioether (sulfide) groups is 1. The van der Waals surface area contributed by atoms with Crippen LogP contribution in [0, 0.1) is 0 Å². The van der Waals surface area contributed by atoms with Crippen molar-refractivity contribution in [2.75, 3.05) is 25.4 Å². The van der Waals surface area contributed by atoms with Gasteiger partial charge in [0.25, 0.3) is 0 Å². The molecule has 1 rings (SSSR count). The van der Waals surface area contributed by atoms with Crippen LogP contribution in [0.4, 0.5) is 0 Å². The molecule has 0 aliphatic carbocycles. The van der Waals surface area contributed by atoms with Gasteiger partial charge in [0.05, 0.1) is 0 Å². The van der Waals surface area contributed by atoms with Gasteiger partial charge in [0.15, 0.2) is 0 Å². The lowest BCUT2D eigenvalue weighted by Gasteiger charge is -2.31. The van der Waals surface area contributed by atoms with Gasteiger partial charge in [0.1, 0.15) is 0 Å². The zero-order valence-electron chi connectivity index (χ0n) is 13.7. The summed E-state index contributed by atoms with van der Waals surface area (Å²) in [6, 6.07) is 0.159. The molecule has 1 aliphatic heterocycles. The first kappa shape index (κ1) is 17.8. The maximum absolute atomic E-state index is 12.1. The molecule has 118 valence electrons. The first-order valence-electron chi connectivity index (χ1n) is 7.52. The third-order valence-electron chi connectivity index (χ3n) is 3.60. The smallest absolute Gasteiger partial charge is 0.222 e. The van der Waals surface area contributed by atoms with Crippen LogP contribution in [0.2, 0.25) is 0 Å². The van der Waals surface area contributed by atoms with Gasteiger partial charge >= 0.3 is 0 Å². The van der Waals surface area contributed by atoms with Crippen molar-refractivity contribution < 1.29 is 4.79 Å². The van der Waals surface area contributed by atoms with Gasteiger partial charge in [0, 0.05) is 41.6 Å². The summed E-state index contributed by atoms with van der Waals surface area (Å²) >= 11 is 2.02. The van der Waals surface area contributed by atoms with Crippen molar-refractivity contribution in [2.24, 2.45) is 5.73 Å². The van der Waals surface area contributed by atoms with E-state index in [1.165, 1.54) is 0 Å². The van der Waals surface area contributed by atoms with E-state index in [0.717, 1.165) is 25.3 Å². The summed E-state index contributed by atoms with van der Waals surface area (Å²) in [6.45, 7) is 13.2. The average molecular weight is 302 g/mol. The second-order valence-corrected chi connectivity index (χ2v) is 9.09. The Kier molecular flexibility index (Phi) is 6.35. The number of rotatable bonds is 4. The third kappa shape index (κ3) is 6.46. The van der Waals surface area contributed by atoms with Crippen LogP contribution < -0.4 is 11.1 Å². The molecule has 4 nitrogen and oxygen atoms in total. The fourth-order valence-corrected chi connectivity index (χ4v) is 3.56. The van der Waals surface area contributed by atoms with Crippen molar-refractivity contribution in [1.82, 2.24) is 10.2 Å². The van der Waals surface area contributed by atoms with Crippen LogP contribution in [0.25, 0.3) is 0 Å². The number of carbonyl (C=O) groups excluding carboxylic acids is 1. The molecule has 20 heavy (non-hydrogen) atoms. The highest BCUT2D eigenvalue weighted by Gasteiger charge is 2.28. The monoisotopic (exact) mass is 301 g/mol. The molecule has 0 spiro atoms. The molecular weight excluding hydrogens is 270 g/mol. The van der Waals surface area contributed by atoms with Gasteiger partial charge in [0.2, 0.25) is 5.91 Å². The molecule has 0 radical (unpaired) electrons. The SMILES string of the molecule is CC(C)(C)NC(=O)CC(CN)N1CCSC(C)(C)CC1. The number of nitrogens with zero attached hydrogens (tertiary/aromatic N) is 1. The van der Waals surface area contributed by atoms with Gasteiger partial charge in [-0.3, -0.25) is 9.69 Å². The van der Waals surface area contributed by atoms with E-state index in [4.69, 9.17) is 5.73 Å². The lowest BCUT2D eigenvalue weighted by atomic mass is 10.1. The lowest BCUT2D eigenvalue weighted by molar-refractivity contribution is -0.123. The van der Waals surface area contributed by atoms with Gasteiger partial charge in [-0.05, 0) is 33.7 Å². The molecule has 0 aromatic heterocycles. The summed E-state index contributed by atoms with van der Waals surface area (Å²) in [6.07, 6.45) is 1.65. The Morgan fingerprint density at radius 1 is 1.40 bits per heavy atom.